The lowest BCUT2D eigenvalue weighted by molar-refractivity contribution is 1.07. The third kappa shape index (κ3) is 5.73. The Kier molecular flexibility index (Phi) is 7.89. The number of rotatable bonds is 6. The van der Waals surface area contributed by atoms with Gasteiger partial charge < -0.3 is 4.57 Å². The zero-order valence-corrected chi connectivity index (χ0v) is 32.8. The summed E-state index contributed by atoms with van der Waals surface area (Å²) in [5.74, 6) is 1.82. The third-order valence-corrected chi connectivity index (χ3v) is 12.3. The van der Waals surface area contributed by atoms with Gasteiger partial charge in [0.25, 0.3) is 0 Å². The molecule has 12 rings (SSSR count). The normalized spacial score (nSPS) is 11.7. The molecule has 7 nitrogen and oxygen atoms in total. The highest BCUT2D eigenvalue weighted by molar-refractivity contribution is 7.25. The molecule has 0 spiro atoms. The fourth-order valence-corrected chi connectivity index (χ4v) is 9.37. The van der Waals surface area contributed by atoms with E-state index in [-0.39, 0.29) is 0 Å². The number of thiophene rings is 1. The lowest BCUT2D eigenvalue weighted by Gasteiger charge is -2.11. The summed E-state index contributed by atoms with van der Waals surface area (Å²) in [7, 11) is 0. The molecule has 0 unspecified atom stereocenters. The molecule has 0 saturated carbocycles. The number of nitrogens with zero attached hydrogens (tertiary/aromatic N) is 7. The summed E-state index contributed by atoms with van der Waals surface area (Å²) in [6, 6.07) is 61.1. The van der Waals surface area contributed by atoms with Crippen molar-refractivity contribution in [1.29, 1.82) is 0 Å². The van der Waals surface area contributed by atoms with Crippen LogP contribution in [0.5, 0.6) is 0 Å². The Labute approximate surface area is 348 Å². The molecule has 0 fully saturated rings. The minimum atomic E-state index is 0.594. The van der Waals surface area contributed by atoms with E-state index >= 15 is 0 Å². The van der Waals surface area contributed by atoms with Gasteiger partial charge in [-0.05, 0) is 64.9 Å². The van der Waals surface area contributed by atoms with Gasteiger partial charge in [-0.15, -0.1) is 11.3 Å². The smallest absolute Gasteiger partial charge is 0.164 e. The van der Waals surface area contributed by atoms with Crippen LogP contribution < -0.4 is 0 Å². The Bertz CT molecular complexity index is 3540. The maximum absolute atomic E-state index is 5.06. The quantitative estimate of drug-likeness (QED) is 0.167. The minimum absolute atomic E-state index is 0.594. The van der Waals surface area contributed by atoms with Gasteiger partial charge in [0.05, 0.1) is 26.9 Å². The summed E-state index contributed by atoms with van der Waals surface area (Å²) in [4.78, 5) is 30.4. The lowest BCUT2D eigenvalue weighted by atomic mass is 10.0. The molecule has 0 saturated heterocycles. The molecule has 0 bridgehead atoms. The van der Waals surface area contributed by atoms with Gasteiger partial charge in [-0.2, -0.15) is 0 Å². The Morgan fingerprint density at radius 1 is 0.400 bits per heavy atom. The Balaban J connectivity index is 0.907. The first-order valence-corrected chi connectivity index (χ1v) is 20.6. The number of benzene rings is 7. The molecule has 5 heterocycles. The van der Waals surface area contributed by atoms with Gasteiger partial charge in [-0.25, -0.2) is 29.9 Å². The third-order valence-electron chi connectivity index (χ3n) is 11.2. The summed E-state index contributed by atoms with van der Waals surface area (Å²) < 4.78 is 3.32. The molecule has 0 N–H and O–H groups in total. The number of hydrogen-bond acceptors (Lipinski definition) is 7. The summed E-state index contributed by atoms with van der Waals surface area (Å²) in [5.41, 5.74) is 11.0. The molecule has 0 amide bonds. The molecule has 8 heteroatoms. The van der Waals surface area contributed by atoms with Crippen LogP contribution in [0, 0.1) is 0 Å². The molecule has 280 valence electrons. The van der Waals surface area contributed by atoms with E-state index in [1.54, 1.807) is 17.7 Å². The van der Waals surface area contributed by atoms with E-state index < -0.39 is 0 Å². The number of para-hydroxylation sites is 2. The molecular weight excluding hydrogens is 755 g/mol. The topological polar surface area (TPSA) is 82.3 Å². The standard InChI is InChI=1S/C52H31N7S/c1-2-11-34(12-3-1)49-56-50(58-51(57-49)36-24-26-40(27-25-36)59-44-16-8-6-14-41(44)42-15-7-9-17-45(42)59)35-21-19-33(20-22-35)46-48-47(55-31-54-46)43-29-39(30-53-52(43)60-48)38-23-18-32-10-4-5-13-37(32)28-38/h1-31H. The van der Waals surface area contributed by atoms with Gasteiger partial charge >= 0.3 is 0 Å². The van der Waals surface area contributed by atoms with Gasteiger partial charge in [0, 0.05) is 55.9 Å². The highest BCUT2D eigenvalue weighted by Crippen LogP contribution is 2.39. The fourth-order valence-electron chi connectivity index (χ4n) is 8.28. The van der Waals surface area contributed by atoms with E-state index in [4.69, 9.17) is 29.9 Å². The highest BCUT2D eigenvalue weighted by atomic mass is 32.1. The van der Waals surface area contributed by atoms with Crippen molar-refractivity contribution in [2.75, 3.05) is 0 Å². The molecule has 7 aromatic carbocycles. The van der Waals surface area contributed by atoms with Crippen LogP contribution in [-0.2, 0) is 0 Å². The van der Waals surface area contributed by atoms with Crippen LogP contribution in [0.2, 0.25) is 0 Å². The van der Waals surface area contributed by atoms with E-state index in [1.807, 2.05) is 36.5 Å². The van der Waals surface area contributed by atoms with Crippen LogP contribution in [0.1, 0.15) is 0 Å². The van der Waals surface area contributed by atoms with Crippen molar-refractivity contribution in [3.8, 4) is 62.2 Å². The number of hydrogen-bond donors (Lipinski definition) is 0. The molecule has 12 aromatic rings. The molecule has 60 heavy (non-hydrogen) atoms. The molecule has 5 aromatic heterocycles. The Morgan fingerprint density at radius 3 is 1.67 bits per heavy atom. The van der Waals surface area contributed by atoms with Crippen LogP contribution in [0.3, 0.4) is 0 Å². The summed E-state index contributed by atoms with van der Waals surface area (Å²) >= 11 is 1.62. The summed E-state index contributed by atoms with van der Waals surface area (Å²) in [6.45, 7) is 0. The van der Waals surface area contributed by atoms with E-state index in [0.29, 0.717) is 17.5 Å². The Morgan fingerprint density at radius 2 is 0.967 bits per heavy atom. The average Bonchev–Trinajstić information content (AvgIpc) is 3.87. The predicted octanol–water partition coefficient (Wildman–Crippen LogP) is 13.0. The Hall–Kier alpha value is -7.94. The first kappa shape index (κ1) is 34.1. The number of fused-ring (bicyclic) bond motifs is 7. The van der Waals surface area contributed by atoms with Crippen molar-refractivity contribution in [3.63, 3.8) is 0 Å². The molecule has 0 radical (unpaired) electrons. The molecule has 0 aliphatic rings. The van der Waals surface area contributed by atoms with Gasteiger partial charge in [0.15, 0.2) is 17.5 Å². The second kappa shape index (κ2) is 13.9. The second-order valence-electron chi connectivity index (χ2n) is 14.8. The number of pyridine rings is 1. The van der Waals surface area contributed by atoms with Crippen LogP contribution in [0.4, 0.5) is 0 Å². The molecular formula is C52H31N7S. The van der Waals surface area contributed by atoms with Crippen LogP contribution in [0.25, 0.3) is 115 Å². The molecule has 0 aliphatic heterocycles. The maximum Gasteiger partial charge on any atom is 0.164 e. The maximum atomic E-state index is 5.06. The van der Waals surface area contributed by atoms with E-state index in [2.05, 4.69) is 150 Å². The van der Waals surface area contributed by atoms with Gasteiger partial charge in [-0.3, -0.25) is 0 Å². The average molecular weight is 786 g/mol. The van der Waals surface area contributed by atoms with Crippen molar-refractivity contribution in [1.82, 2.24) is 34.5 Å². The van der Waals surface area contributed by atoms with Crippen LogP contribution >= 0.6 is 11.3 Å². The van der Waals surface area contributed by atoms with Gasteiger partial charge in [0.2, 0.25) is 0 Å². The van der Waals surface area contributed by atoms with E-state index in [9.17, 15) is 0 Å². The van der Waals surface area contributed by atoms with Crippen molar-refractivity contribution in [2.45, 2.75) is 0 Å². The monoisotopic (exact) mass is 785 g/mol. The van der Waals surface area contributed by atoms with E-state index in [1.165, 1.54) is 32.6 Å². The first-order valence-electron chi connectivity index (χ1n) is 19.8. The van der Waals surface area contributed by atoms with Gasteiger partial charge in [0.1, 0.15) is 11.2 Å². The van der Waals surface area contributed by atoms with Crippen LogP contribution in [0.15, 0.2) is 188 Å². The minimum Gasteiger partial charge on any atom is -0.309 e. The largest absolute Gasteiger partial charge is 0.309 e. The predicted molar refractivity (Wildman–Crippen MR) is 245 cm³/mol. The zero-order chi connectivity index (χ0) is 39.6. The molecule has 0 aliphatic carbocycles. The van der Waals surface area contributed by atoms with Crippen LogP contribution in [-0.4, -0.2) is 34.5 Å². The molecule has 0 atom stereocenters. The van der Waals surface area contributed by atoms with Crippen molar-refractivity contribution >= 4 is 64.3 Å². The zero-order valence-electron chi connectivity index (χ0n) is 31.9. The van der Waals surface area contributed by atoms with E-state index in [0.717, 1.165) is 65.2 Å². The van der Waals surface area contributed by atoms with Crippen molar-refractivity contribution in [2.24, 2.45) is 0 Å². The van der Waals surface area contributed by atoms with Crippen molar-refractivity contribution < 1.29 is 0 Å². The summed E-state index contributed by atoms with van der Waals surface area (Å²) in [5, 5.41) is 5.90. The first-order chi connectivity index (χ1) is 29.7. The van der Waals surface area contributed by atoms with Crippen molar-refractivity contribution in [3.05, 3.63) is 188 Å². The number of aromatic nitrogens is 7. The van der Waals surface area contributed by atoms with Gasteiger partial charge in [-0.1, -0.05) is 127 Å². The summed E-state index contributed by atoms with van der Waals surface area (Å²) in [6.07, 6.45) is 3.61. The highest BCUT2D eigenvalue weighted by Gasteiger charge is 2.18. The SMILES string of the molecule is c1ccc(-c2nc(-c3ccc(-c4ncnc5c4sc4ncc(-c6ccc7ccccc7c6)cc45)cc3)nc(-c3ccc(-n4c5ccccc5c5ccccc54)cc3)n2)cc1. The second-order valence-corrected chi connectivity index (χ2v) is 15.8. The fraction of sp³-hybridized carbons (Fsp3) is 0. The lowest BCUT2D eigenvalue weighted by Crippen LogP contribution is -2.00.